The Morgan fingerprint density at radius 1 is 1.07 bits per heavy atom. The molecule has 2 N–H and O–H groups in total. The molecule has 3 aromatic rings. The van der Waals surface area contributed by atoms with Crippen molar-refractivity contribution in [2.24, 2.45) is 0 Å². The summed E-state index contributed by atoms with van der Waals surface area (Å²) in [5.74, 6) is -0.0530. The van der Waals surface area contributed by atoms with Crippen LogP contribution in [0.25, 0.3) is 10.9 Å². The van der Waals surface area contributed by atoms with Crippen LogP contribution in [0.5, 0.6) is 0 Å². The fourth-order valence-corrected chi connectivity index (χ4v) is 3.23. The third-order valence-electron chi connectivity index (χ3n) is 4.74. The minimum atomic E-state index is -0.0530. The zero-order valence-electron chi connectivity index (χ0n) is 16.2. The molecule has 28 heavy (non-hydrogen) atoms. The highest BCUT2D eigenvalue weighted by Gasteiger charge is 2.07. The lowest BCUT2D eigenvalue weighted by molar-refractivity contribution is 0.0949. The molecule has 0 bridgehead atoms. The van der Waals surface area contributed by atoms with Crippen LogP contribution in [0, 0.1) is 0 Å². The number of fused-ring (bicyclic) bond motifs is 1. The molecular weight excluding hydrogens is 372 g/mol. The zero-order valence-corrected chi connectivity index (χ0v) is 17.0. The van der Waals surface area contributed by atoms with Gasteiger partial charge in [0.05, 0.1) is 5.52 Å². The summed E-state index contributed by atoms with van der Waals surface area (Å²) in [5.41, 5.74) is 3.33. The first kappa shape index (κ1) is 20.1. The van der Waals surface area contributed by atoms with Crippen LogP contribution in [0.3, 0.4) is 0 Å². The number of aromatic nitrogens is 1. The van der Waals surface area contributed by atoms with Crippen molar-refractivity contribution in [1.29, 1.82) is 0 Å². The van der Waals surface area contributed by atoms with Gasteiger partial charge in [-0.1, -0.05) is 25.4 Å². The van der Waals surface area contributed by atoms with E-state index in [0.29, 0.717) is 17.1 Å². The SMILES string of the molecule is CCN(CC)CCNC(=O)c1ccc(Nc2ccnc3cc(Cl)ccc23)cc1. The van der Waals surface area contributed by atoms with Crippen molar-refractivity contribution in [3.05, 3.63) is 65.3 Å². The van der Waals surface area contributed by atoms with Gasteiger partial charge in [0.2, 0.25) is 0 Å². The molecule has 0 unspecified atom stereocenters. The van der Waals surface area contributed by atoms with Gasteiger partial charge in [-0.2, -0.15) is 0 Å². The summed E-state index contributed by atoms with van der Waals surface area (Å²) < 4.78 is 0. The monoisotopic (exact) mass is 396 g/mol. The maximum absolute atomic E-state index is 12.3. The molecule has 6 heteroatoms. The van der Waals surface area contributed by atoms with Gasteiger partial charge in [0.15, 0.2) is 0 Å². The number of nitrogens with one attached hydrogen (secondary N) is 2. The first-order chi connectivity index (χ1) is 13.6. The third kappa shape index (κ3) is 5.00. The Morgan fingerprint density at radius 2 is 1.82 bits per heavy atom. The third-order valence-corrected chi connectivity index (χ3v) is 4.97. The van der Waals surface area contributed by atoms with Crippen LogP contribution >= 0.6 is 11.6 Å². The number of rotatable bonds is 8. The van der Waals surface area contributed by atoms with Crippen LogP contribution in [0.4, 0.5) is 11.4 Å². The molecule has 0 saturated heterocycles. The summed E-state index contributed by atoms with van der Waals surface area (Å²) in [6, 6.07) is 15.0. The smallest absolute Gasteiger partial charge is 0.251 e. The average molecular weight is 397 g/mol. The highest BCUT2D eigenvalue weighted by atomic mass is 35.5. The predicted octanol–water partition coefficient (Wildman–Crippen LogP) is 4.70. The van der Waals surface area contributed by atoms with E-state index < -0.39 is 0 Å². The van der Waals surface area contributed by atoms with E-state index in [1.165, 1.54) is 0 Å². The molecule has 146 valence electrons. The normalized spacial score (nSPS) is 11.0. The van der Waals surface area contributed by atoms with Crippen LogP contribution in [0.15, 0.2) is 54.7 Å². The van der Waals surface area contributed by atoms with E-state index >= 15 is 0 Å². The molecule has 0 aliphatic heterocycles. The molecule has 3 rings (SSSR count). The Morgan fingerprint density at radius 3 is 2.54 bits per heavy atom. The molecule has 5 nitrogen and oxygen atoms in total. The molecule has 0 saturated carbocycles. The number of carbonyl (C=O) groups is 1. The van der Waals surface area contributed by atoms with E-state index in [-0.39, 0.29) is 5.91 Å². The molecule has 0 aliphatic carbocycles. The highest BCUT2D eigenvalue weighted by molar-refractivity contribution is 6.31. The number of benzene rings is 2. The number of hydrogen-bond acceptors (Lipinski definition) is 4. The van der Waals surface area contributed by atoms with Crippen molar-refractivity contribution >= 4 is 39.8 Å². The molecule has 0 aliphatic rings. The molecule has 0 fully saturated rings. The van der Waals surface area contributed by atoms with E-state index in [9.17, 15) is 4.79 Å². The largest absolute Gasteiger partial charge is 0.355 e. The number of likely N-dealkylation sites (N-methyl/N-ethyl adjacent to an activating group) is 1. The number of amides is 1. The summed E-state index contributed by atoms with van der Waals surface area (Å²) in [5, 5.41) is 8.01. The first-order valence-corrected chi connectivity index (χ1v) is 9.90. The van der Waals surface area contributed by atoms with Gasteiger partial charge in [-0.15, -0.1) is 0 Å². The van der Waals surface area contributed by atoms with Crippen molar-refractivity contribution in [1.82, 2.24) is 15.2 Å². The van der Waals surface area contributed by atoms with Gasteiger partial charge in [-0.3, -0.25) is 9.78 Å². The van der Waals surface area contributed by atoms with E-state index in [4.69, 9.17) is 11.6 Å². The Bertz CT molecular complexity index is 939. The van der Waals surface area contributed by atoms with Gasteiger partial charge < -0.3 is 15.5 Å². The summed E-state index contributed by atoms with van der Waals surface area (Å²) in [4.78, 5) is 18.9. The van der Waals surface area contributed by atoms with E-state index in [2.05, 4.69) is 34.4 Å². The van der Waals surface area contributed by atoms with Crippen molar-refractivity contribution in [3.63, 3.8) is 0 Å². The zero-order chi connectivity index (χ0) is 19.9. The standard InChI is InChI=1S/C22H25ClN4O/c1-3-27(4-2)14-13-25-22(28)16-5-8-18(9-6-16)26-20-11-12-24-21-15-17(23)7-10-19(20)21/h5-12,15H,3-4,13-14H2,1-2H3,(H,24,26)(H,25,28). The second-order valence-corrected chi connectivity index (χ2v) is 6.94. The maximum Gasteiger partial charge on any atom is 0.251 e. The van der Waals surface area contributed by atoms with Gasteiger partial charge in [0, 0.05) is 46.6 Å². The maximum atomic E-state index is 12.3. The van der Waals surface area contributed by atoms with Gasteiger partial charge >= 0.3 is 0 Å². The van der Waals surface area contributed by atoms with Gasteiger partial charge in [0.25, 0.3) is 5.91 Å². The topological polar surface area (TPSA) is 57.3 Å². The molecule has 0 radical (unpaired) electrons. The average Bonchev–Trinajstić information content (AvgIpc) is 2.71. The van der Waals surface area contributed by atoms with Crippen molar-refractivity contribution < 1.29 is 4.79 Å². The van der Waals surface area contributed by atoms with Gasteiger partial charge in [0.1, 0.15) is 0 Å². The molecule has 0 atom stereocenters. The second-order valence-electron chi connectivity index (χ2n) is 6.51. The van der Waals surface area contributed by atoms with Crippen molar-refractivity contribution in [2.75, 3.05) is 31.5 Å². The lowest BCUT2D eigenvalue weighted by Crippen LogP contribution is -2.34. The highest BCUT2D eigenvalue weighted by Crippen LogP contribution is 2.27. The quantitative estimate of drug-likeness (QED) is 0.579. The summed E-state index contributed by atoms with van der Waals surface area (Å²) in [7, 11) is 0. The molecule has 1 aromatic heterocycles. The number of halogens is 1. The van der Waals surface area contributed by atoms with Crippen LogP contribution in [0.1, 0.15) is 24.2 Å². The van der Waals surface area contributed by atoms with E-state index in [0.717, 1.165) is 41.9 Å². The van der Waals surface area contributed by atoms with Crippen LogP contribution in [-0.4, -0.2) is 42.0 Å². The van der Waals surface area contributed by atoms with Crippen molar-refractivity contribution in [2.45, 2.75) is 13.8 Å². The number of hydrogen-bond donors (Lipinski definition) is 2. The van der Waals surface area contributed by atoms with Crippen LogP contribution in [-0.2, 0) is 0 Å². The van der Waals surface area contributed by atoms with E-state index in [1.807, 2.05) is 48.5 Å². The minimum absolute atomic E-state index is 0.0530. The second kappa shape index (κ2) is 9.53. The Kier molecular flexibility index (Phi) is 6.85. The number of nitrogens with zero attached hydrogens (tertiary/aromatic N) is 2. The van der Waals surface area contributed by atoms with Crippen LogP contribution < -0.4 is 10.6 Å². The molecular formula is C22H25ClN4O. The fourth-order valence-electron chi connectivity index (χ4n) is 3.06. The lowest BCUT2D eigenvalue weighted by Gasteiger charge is -2.18. The molecule has 0 spiro atoms. The summed E-state index contributed by atoms with van der Waals surface area (Å²) >= 11 is 6.05. The molecule has 1 amide bonds. The number of pyridine rings is 1. The first-order valence-electron chi connectivity index (χ1n) is 9.52. The summed E-state index contributed by atoms with van der Waals surface area (Å²) in [6.45, 7) is 7.73. The fraction of sp³-hybridized carbons (Fsp3) is 0.273. The number of carbonyl (C=O) groups excluding carboxylic acids is 1. The number of anilines is 2. The van der Waals surface area contributed by atoms with Gasteiger partial charge in [-0.25, -0.2) is 0 Å². The van der Waals surface area contributed by atoms with Crippen molar-refractivity contribution in [3.8, 4) is 0 Å². The van der Waals surface area contributed by atoms with Gasteiger partial charge in [-0.05, 0) is 61.6 Å². The predicted molar refractivity (Wildman–Crippen MR) is 117 cm³/mol. The molecule has 2 aromatic carbocycles. The minimum Gasteiger partial charge on any atom is -0.355 e. The van der Waals surface area contributed by atoms with E-state index in [1.54, 1.807) is 6.20 Å². The Balaban J connectivity index is 1.64. The Hall–Kier alpha value is -2.63. The Labute approximate surface area is 170 Å². The van der Waals surface area contributed by atoms with Crippen LogP contribution in [0.2, 0.25) is 5.02 Å². The summed E-state index contributed by atoms with van der Waals surface area (Å²) in [6.07, 6.45) is 1.75. The lowest BCUT2D eigenvalue weighted by atomic mass is 10.1. The molecule has 1 heterocycles.